The van der Waals surface area contributed by atoms with Crippen LogP contribution >= 0.6 is 0 Å². The van der Waals surface area contributed by atoms with Gasteiger partial charge < -0.3 is 16.2 Å². The highest BCUT2D eigenvalue weighted by molar-refractivity contribution is 5.61. The molecule has 1 aliphatic carbocycles. The number of nitrogens with two attached hydrogens (primary N) is 1. The van der Waals surface area contributed by atoms with Crippen molar-refractivity contribution < 1.29 is 10.0 Å². The van der Waals surface area contributed by atoms with E-state index >= 15 is 0 Å². The Bertz CT molecular complexity index is 531. The second-order valence-corrected chi connectivity index (χ2v) is 5.39. The Morgan fingerprint density at radius 3 is 2.63 bits per heavy atom. The minimum Gasteiger partial charge on any atom is -0.392 e. The summed E-state index contributed by atoms with van der Waals surface area (Å²) in [6.07, 6.45) is 0.0944. The van der Waals surface area contributed by atoms with E-state index in [1.54, 1.807) is 0 Å². The van der Waals surface area contributed by atoms with Crippen LogP contribution in [0.3, 0.4) is 0 Å². The lowest BCUT2D eigenvalue weighted by atomic mass is 9.64. The average Bonchev–Trinajstić information content (AvgIpc) is 2.27. The van der Waals surface area contributed by atoms with E-state index in [2.05, 4.69) is 15.3 Å². The van der Waals surface area contributed by atoms with Crippen LogP contribution in [0, 0.1) is 22.5 Å². The van der Waals surface area contributed by atoms with Gasteiger partial charge in [0, 0.05) is 11.5 Å². The number of nitrogens with one attached hydrogen (secondary N) is 1. The third-order valence-electron chi connectivity index (χ3n) is 3.79. The van der Waals surface area contributed by atoms with E-state index in [9.17, 15) is 15.2 Å². The number of aliphatic hydroxyl groups excluding tert-OH is 1. The van der Waals surface area contributed by atoms with Crippen LogP contribution in [0.2, 0.25) is 0 Å². The molecule has 4 N–H and O–H groups in total. The van der Waals surface area contributed by atoms with E-state index in [-0.39, 0.29) is 34.6 Å². The van der Waals surface area contributed by atoms with E-state index < -0.39 is 11.0 Å². The third-order valence-corrected chi connectivity index (χ3v) is 3.79. The van der Waals surface area contributed by atoms with E-state index in [1.807, 2.05) is 13.8 Å². The maximum atomic E-state index is 11.1. The second kappa shape index (κ2) is 4.30. The molecule has 0 saturated heterocycles. The van der Waals surface area contributed by atoms with Crippen molar-refractivity contribution in [1.29, 1.82) is 0 Å². The van der Waals surface area contributed by atoms with Gasteiger partial charge in [0.15, 0.2) is 0 Å². The standard InChI is InChI=1S/C11H17N5O3/c1-5-8(16(18)19)9(15-10(12)13-5)14-6-4-7(17)11(6,2)3/h6-7,17H,4H2,1-3H3,(H3,12,13,14,15). The van der Waals surface area contributed by atoms with Crippen LogP contribution in [0.5, 0.6) is 0 Å². The van der Waals surface area contributed by atoms with Crippen molar-refractivity contribution in [3.8, 4) is 0 Å². The summed E-state index contributed by atoms with van der Waals surface area (Å²) in [5, 5.41) is 23.7. The molecule has 1 heterocycles. The molecule has 19 heavy (non-hydrogen) atoms. The fraction of sp³-hybridized carbons (Fsp3) is 0.636. The number of hydrogen-bond acceptors (Lipinski definition) is 7. The molecule has 1 aromatic heterocycles. The molecule has 104 valence electrons. The van der Waals surface area contributed by atoms with Crippen molar-refractivity contribution in [2.75, 3.05) is 11.1 Å². The Kier molecular flexibility index (Phi) is 3.05. The van der Waals surface area contributed by atoms with Crippen LogP contribution in [0.1, 0.15) is 26.0 Å². The first-order valence-corrected chi connectivity index (χ1v) is 5.96. The largest absolute Gasteiger partial charge is 0.392 e. The van der Waals surface area contributed by atoms with E-state index in [0.717, 1.165) is 0 Å². The van der Waals surface area contributed by atoms with Crippen molar-refractivity contribution in [1.82, 2.24) is 9.97 Å². The summed E-state index contributed by atoms with van der Waals surface area (Å²) in [4.78, 5) is 18.2. The molecule has 1 aliphatic rings. The first kappa shape index (κ1) is 13.5. The summed E-state index contributed by atoms with van der Waals surface area (Å²) >= 11 is 0. The first-order valence-electron chi connectivity index (χ1n) is 5.96. The fourth-order valence-electron chi connectivity index (χ4n) is 2.22. The van der Waals surface area contributed by atoms with Gasteiger partial charge in [-0.05, 0) is 13.3 Å². The van der Waals surface area contributed by atoms with Gasteiger partial charge in [-0.3, -0.25) is 10.1 Å². The molecular formula is C11H17N5O3. The van der Waals surface area contributed by atoms with Gasteiger partial charge >= 0.3 is 5.69 Å². The zero-order valence-corrected chi connectivity index (χ0v) is 11.0. The van der Waals surface area contributed by atoms with Gasteiger partial charge in [-0.25, -0.2) is 4.98 Å². The van der Waals surface area contributed by atoms with Gasteiger partial charge in [-0.15, -0.1) is 0 Å². The highest BCUT2D eigenvalue weighted by Crippen LogP contribution is 2.43. The summed E-state index contributed by atoms with van der Waals surface area (Å²) < 4.78 is 0. The lowest BCUT2D eigenvalue weighted by Gasteiger charge is -2.49. The molecule has 0 aromatic carbocycles. The van der Waals surface area contributed by atoms with E-state index in [1.165, 1.54) is 6.92 Å². The Morgan fingerprint density at radius 1 is 1.53 bits per heavy atom. The van der Waals surface area contributed by atoms with E-state index in [0.29, 0.717) is 6.42 Å². The Balaban J connectivity index is 2.33. The first-order chi connectivity index (χ1) is 8.73. The van der Waals surface area contributed by atoms with Crippen LogP contribution < -0.4 is 11.1 Å². The molecule has 2 unspecified atom stereocenters. The lowest BCUT2D eigenvalue weighted by Crippen LogP contribution is -2.57. The zero-order chi connectivity index (χ0) is 14.4. The highest BCUT2D eigenvalue weighted by Gasteiger charge is 2.48. The smallest absolute Gasteiger partial charge is 0.332 e. The van der Waals surface area contributed by atoms with Gasteiger partial charge in [-0.1, -0.05) is 13.8 Å². The van der Waals surface area contributed by atoms with Crippen LogP contribution in [-0.4, -0.2) is 32.1 Å². The molecule has 1 fully saturated rings. The summed E-state index contributed by atoms with van der Waals surface area (Å²) in [6.45, 7) is 5.30. The Hall–Kier alpha value is -1.96. The average molecular weight is 267 g/mol. The molecule has 1 saturated carbocycles. The number of aliphatic hydroxyl groups is 1. The number of rotatable bonds is 3. The molecule has 0 radical (unpaired) electrons. The predicted molar refractivity (Wildman–Crippen MR) is 69.7 cm³/mol. The van der Waals surface area contributed by atoms with Crippen molar-refractivity contribution in [3.63, 3.8) is 0 Å². The number of aromatic nitrogens is 2. The van der Waals surface area contributed by atoms with Crippen molar-refractivity contribution in [2.24, 2.45) is 5.41 Å². The second-order valence-electron chi connectivity index (χ2n) is 5.39. The van der Waals surface area contributed by atoms with Gasteiger partial charge in [0.2, 0.25) is 11.8 Å². The number of anilines is 2. The summed E-state index contributed by atoms with van der Waals surface area (Å²) in [7, 11) is 0. The molecule has 2 rings (SSSR count). The number of nitrogens with zero attached hydrogens (tertiary/aromatic N) is 3. The summed E-state index contributed by atoms with van der Waals surface area (Å²) in [5.74, 6) is 0.100. The summed E-state index contributed by atoms with van der Waals surface area (Å²) in [6, 6.07) is -0.0881. The predicted octanol–water partition coefficient (Wildman–Crippen LogP) is 0.847. The molecule has 0 spiro atoms. The minimum absolute atomic E-state index is 0.0109. The maximum Gasteiger partial charge on any atom is 0.332 e. The molecule has 2 atom stereocenters. The molecule has 0 bridgehead atoms. The third kappa shape index (κ3) is 2.19. The van der Waals surface area contributed by atoms with Crippen LogP contribution in [0.25, 0.3) is 0 Å². The number of nitrogen functional groups attached to an aromatic ring is 1. The van der Waals surface area contributed by atoms with E-state index in [4.69, 9.17) is 5.73 Å². The lowest BCUT2D eigenvalue weighted by molar-refractivity contribution is -0.385. The molecule has 8 nitrogen and oxygen atoms in total. The fourth-order valence-corrected chi connectivity index (χ4v) is 2.22. The summed E-state index contributed by atoms with van der Waals surface area (Å²) in [5.41, 5.74) is 5.21. The molecule has 0 amide bonds. The topological polar surface area (TPSA) is 127 Å². The molecule has 1 aromatic rings. The SMILES string of the molecule is Cc1nc(N)nc(NC2CC(O)C2(C)C)c1[N+](=O)[O-]. The molecule has 8 heteroatoms. The number of nitro groups is 1. The molecule has 0 aliphatic heterocycles. The number of aryl methyl sites for hydroxylation is 1. The van der Waals surface area contributed by atoms with Crippen molar-refractivity contribution in [2.45, 2.75) is 39.3 Å². The van der Waals surface area contributed by atoms with Crippen molar-refractivity contribution in [3.05, 3.63) is 15.8 Å². The minimum atomic E-state index is -0.529. The zero-order valence-electron chi connectivity index (χ0n) is 11.0. The van der Waals surface area contributed by atoms with Crippen LogP contribution in [0.15, 0.2) is 0 Å². The maximum absolute atomic E-state index is 11.1. The normalized spacial score (nSPS) is 24.6. The Labute approximate surface area is 110 Å². The van der Waals surface area contributed by atoms with Crippen LogP contribution in [-0.2, 0) is 0 Å². The number of hydrogen-bond donors (Lipinski definition) is 3. The van der Waals surface area contributed by atoms with Crippen LogP contribution in [0.4, 0.5) is 17.5 Å². The van der Waals surface area contributed by atoms with Gasteiger partial charge in [0.05, 0.1) is 11.0 Å². The quantitative estimate of drug-likeness (QED) is 0.547. The monoisotopic (exact) mass is 267 g/mol. The van der Waals surface area contributed by atoms with Gasteiger partial charge in [0.25, 0.3) is 0 Å². The Morgan fingerprint density at radius 2 is 2.16 bits per heavy atom. The van der Waals surface area contributed by atoms with Gasteiger partial charge in [0.1, 0.15) is 5.69 Å². The highest BCUT2D eigenvalue weighted by atomic mass is 16.6. The molecular weight excluding hydrogens is 250 g/mol. The van der Waals surface area contributed by atoms with Crippen molar-refractivity contribution >= 4 is 17.5 Å². The van der Waals surface area contributed by atoms with Gasteiger partial charge in [-0.2, -0.15) is 4.98 Å².